The number of rotatable bonds is 1. The van der Waals surface area contributed by atoms with Gasteiger partial charge in [-0.2, -0.15) is 0 Å². The zero-order valence-electron chi connectivity index (χ0n) is 7.62. The lowest BCUT2D eigenvalue weighted by Gasteiger charge is -2.20. The molecule has 0 unspecified atom stereocenters. The number of carbonyl (C=O) groups excluding carboxylic acids is 1. The van der Waals surface area contributed by atoms with Gasteiger partial charge >= 0.3 is 0 Å². The van der Waals surface area contributed by atoms with Crippen molar-refractivity contribution >= 4 is 5.97 Å². The summed E-state index contributed by atoms with van der Waals surface area (Å²) in [5, 5.41) is 20.1. The van der Waals surface area contributed by atoms with Crippen LogP contribution in [-0.2, 0) is 17.6 Å². The van der Waals surface area contributed by atoms with E-state index in [1.807, 2.05) is 0 Å². The maximum atomic E-state index is 10.8. The molecule has 0 heterocycles. The number of carboxylic acids is 1. The van der Waals surface area contributed by atoms with Gasteiger partial charge in [0.15, 0.2) is 0 Å². The third kappa shape index (κ3) is 1.24. The molecule has 2 rings (SSSR count). The van der Waals surface area contributed by atoms with E-state index in [0.29, 0.717) is 12.8 Å². The Morgan fingerprint density at radius 3 is 2.71 bits per heavy atom. The molecule has 4 nitrogen and oxygen atoms in total. The maximum Gasteiger partial charge on any atom is 0.143 e. The molecule has 1 aromatic carbocycles. The van der Waals surface area contributed by atoms with Crippen LogP contribution in [-0.4, -0.2) is 16.6 Å². The second kappa shape index (κ2) is 2.72. The van der Waals surface area contributed by atoms with Crippen LogP contribution in [0.2, 0.25) is 0 Å². The summed E-state index contributed by atoms with van der Waals surface area (Å²) < 4.78 is 0. The van der Waals surface area contributed by atoms with Crippen molar-refractivity contribution in [2.75, 3.05) is 0 Å². The number of hydrogen-bond acceptors (Lipinski definition) is 3. The fourth-order valence-electron chi connectivity index (χ4n) is 1.89. The van der Waals surface area contributed by atoms with Gasteiger partial charge in [0.2, 0.25) is 0 Å². The summed E-state index contributed by atoms with van der Waals surface area (Å²) in [6.07, 6.45) is 0.712. The first kappa shape index (κ1) is 9.02. The van der Waals surface area contributed by atoms with Gasteiger partial charge in [0.05, 0.1) is 0 Å². The molecule has 0 aliphatic heterocycles. The van der Waals surface area contributed by atoms with E-state index in [-0.39, 0.29) is 5.75 Å². The summed E-state index contributed by atoms with van der Waals surface area (Å²) in [6, 6.07) is 4.88. The highest BCUT2D eigenvalue weighted by molar-refractivity contribution is 5.77. The molecule has 1 atom stereocenters. The monoisotopic (exact) mass is 193 g/mol. The van der Waals surface area contributed by atoms with Crippen molar-refractivity contribution in [3.63, 3.8) is 0 Å². The molecule has 1 aromatic rings. The number of quaternary nitrogens is 1. The average molecular weight is 193 g/mol. The highest BCUT2D eigenvalue weighted by atomic mass is 16.4. The van der Waals surface area contributed by atoms with E-state index >= 15 is 0 Å². The van der Waals surface area contributed by atoms with Gasteiger partial charge in [0, 0.05) is 12.8 Å². The number of phenolic OH excluding ortho intramolecular Hbond substituents is 1. The summed E-state index contributed by atoms with van der Waals surface area (Å²) in [7, 11) is 0. The molecule has 0 radical (unpaired) electrons. The van der Waals surface area contributed by atoms with Crippen molar-refractivity contribution in [1.82, 2.24) is 0 Å². The van der Waals surface area contributed by atoms with E-state index < -0.39 is 11.5 Å². The van der Waals surface area contributed by atoms with Crippen molar-refractivity contribution in [3.8, 4) is 5.75 Å². The van der Waals surface area contributed by atoms with E-state index in [0.717, 1.165) is 11.1 Å². The summed E-state index contributed by atoms with van der Waals surface area (Å²) in [6.45, 7) is 0. The number of hydrogen-bond donors (Lipinski definition) is 2. The Morgan fingerprint density at radius 1 is 1.43 bits per heavy atom. The van der Waals surface area contributed by atoms with Gasteiger partial charge in [-0.3, -0.25) is 0 Å². The molecule has 0 saturated carbocycles. The topological polar surface area (TPSA) is 88.0 Å². The summed E-state index contributed by atoms with van der Waals surface area (Å²) in [5.74, 6) is -0.973. The second-order valence-corrected chi connectivity index (χ2v) is 3.87. The first-order valence-electron chi connectivity index (χ1n) is 4.39. The van der Waals surface area contributed by atoms with Crippen LogP contribution in [0.15, 0.2) is 18.2 Å². The number of phenols is 1. The molecule has 74 valence electrons. The first-order valence-corrected chi connectivity index (χ1v) is 4.39. The van der Waals surface area contributed by atoms with Crippen LogP contribution in [0, 0.1) is 0 Å². The maximum absolute atomic E-state index is 10.8. The minimum absolute atomic E-state index is 0.159. The van der Waals surface area contributed by atoms with E-state index in [1.165, 1.54) is 0 Å². The lowest BCUT2D eigenvalue weighted by molar-refractivity contribution is -0.483. The Labute approximate surface area is 81.0 Å². The molecule has 0 aromatic heterocycles. The molecular formula is C10H11NO3. The zero-order valence-corrected chi connectivity index (χ0v) is 7.62. The summed E-state index contributed by atoms with van der Waals surface area (Å²) in [4.78, 5) is 10.8. The fraction of sp³-hybridized carbons (Fsp3) is 0.300. The van der Waals surface area contributed by atoms with Crippen LogP contribution in [0.4, 0.5) is 0 Å². The minimum atomic E-state index is -1.13. The van der Waals surface area contributed by atoms with Crippen LogP contribution in [0.5, 0.6) is 5.75 Å². The quantitative estimate of drug-likeness (QED) is 0.552. The molecule has 0 bridgehead atoms. The predicted octanol–water partition coefficient (Wildman–Crippen LogP) is -1.78. The van der Waals surface area contributed by atoms with Crippen LogP contribution in [0.25, 0.3) is 0 Å². The van der Waals surface area contributed by atoms with Crippen LogP contribution in [0.3, 0.4) is 0 Å². The summed E-state index contributed by atoms with van der Waals surface area (Å²) >= 11 is 0. The van der Waals surface area contributed by atoms with E-state index in [9.17, 15) is 15.0 Å². The third-order valence-electron chi connectivity index (χ3n) is 2.68. The first-order chi connectivity index (χ1) is 6.51. The number of aliphatic carboxylic acids is 1. The van der Waals surface area contributed by atoms with Crippen molar-refractivity contribution in [3.05, 3.63) is 29.3 Å². The van der Waals surface area contributed by atoms with Gasteiger partial charge in [-0.15, -0.1) is 0 Å². The number of aromatic hydroxyl groups is 1. The minimum Gasteiger partial charge on any atom is -0.544 e. The number of fused-ring (bicyclic) bond motifs is 1. The molecule has 4 N–H and O–H groups in total. The molecule has 1 aliphatic rings. The molecule has 1 aliphatic carbocycles. The fourth-order valence-corrected chi connectivity index (χ4v) is 1.89. The van der Waals surface area contributed by atoms with Gasteiger partial charge in [-0.25, -0.2) is 0 Å². The van der Waals surface area contributed by atoms with Crippen molar-refractivity contribution in [1.29, 1.82) is 0 Å². The van der Waals surface area contributed by atoms with Crippen molar-refractivity contribution in [2.45, 2.75) is 18.4 Å². The molecular weight excluding hydrogens is 182 g/mol. The highest BCUT2D eigenvalue weighted by Gasteiger charge is 2.38. The molecule has 0 spiro atoms. The lowest BCUT2D eigenvalue weighted by Crippen LogP contribution is -2.80. The largest absolute Gasteiger partial charge is 0.544 e. The molecule has 0 saturated heterocycles. The smallest absolute Gasteiger partial charge is 0.143 e. The Morgan fingerprint density at radius 2 is 2.07 bits per heavy atom. The molecule has 0 amide bonds. The summed E-state index contributed by atoms with van der Waals surface area (Å²) in [5.41, 5.74) is 4.39. The van der Waals surface area contributed by atoms with Crippen molar-refractivity contribution < 1.29 is 20.7 Å². The second-order valence-electron chi connectivity index (χ2n) is 3.87. The predicted molar refractivity (Wildman–Crippen MR) is 46.1 cm³/mol. The van der Waals surface area contributed by atoms with Gasteiger partial charge in [-0.1, -0.05) is 6.07 Å². The molecule has 0 fully saturated rings. The van der Waals surface area contributed by atoms with Crippen LogP contribution >= 0.6 is 0 Å². The van der Waals surface area contributed by atoms with E-state index in [1.54, 1.807) is 18.2 Å². The Kier molecular flexibility index (Phi) is 1.75. The van der Waals surface area contributed by atoms with Crippen LogP contribution in [0.1, 0.15) is 11.1 Å². The Hall–Kier alpha value is -1.55. The number of benzene rings is 1. The van der Waals surface area contributed by atoms with E-state index in [4.69, 9.17) is 0 Å². The molecule has 4 heteroatoms. The SMILES string of the molecule is [NH3+][C@@]1(C(=O)[O-])Cc2ccc(O)cc2C1. The normalized spacial score (nSPS) is 24.6. The highest BCUT2D eigenvalue weighted by Crippen LogP contribution is 2.29. The zero-order chi connectivity index (χ0) is 10.3. The molecule has 14 heavy (non-hydrogen) atoms. The van der Waals surface area contributed by atoms with E-state index in [2.05, 4.69) is 5.73 Å². The van der Waals surface area contributed by atoms with Crippen molar-refractivity contribution in [2.24, 2.45) is 0 Å². The van der Waals surface area contributed by atoms with Crippen LogP contribution < -0.4 is 10.8 Å². The third-order valence-corrected chi connectivity index (χ3v) is 2.68. The Balaban J connectivity index is 2.39. The Bertz CT molecular complexity index is 402. The standard InChI is InChI=1S/C10H11NO3/c11-10(9(13)14)4-6-1-2-8(12)3-7(6)5-10/h1-3,12H,4-5,11H2,(H,13,14)/t10-/m0/s1. The van der Waals surface area contributed by atoms with Gasteiger partial charge < -0.3 is 20.7 Å². The van der Waals surface area contributed by atoms with Gasteiger partial charge in [-0.05, 0) is 23.3 Å². The number of carboxylic acid groups (broad SMARTS) is 1. The van der Waals surface area contributed by atoms with Gasteiger partial charge in [0.25, 0.3) is 0 Å². The average Bonchev–Trinajstić information content (AvgIpc) is 2.42. The van der Waals surface area contributed by atoms with Gasteiger partial charge in [0.1, 0.15) is 17.3 Å². The lowest BCUT2D eigenvalue weighted by atomic mass is 9.98. The number of carbonyl (C=O) groups is 1.